The van der Waals surface area contributed by atoms with Crippen LogP contribution in [0.1, 0.15) is 29.9 Å². The van der Waals surface area contributed by atoms with Crippen LogP contribution in [0.5, 0.6) is 0 Å². The van der Waals surface area contributed by atoms with Gasteiger partial charge < -0.3 is 9.47 Å². The molecule has 4 heteroatoms. The van der Waals surface area contributed by atoms with E-state index in [1.807, 2.05) is 4.90 Å². The third-order valence-electron chi connectivity index (χ3n) is 6.00. The smallest absolute Gasteiger partial charge is 0.410 e. The molecule has 0 aromatic heterocycles. The predicted octanol–water partition coefficient (Wildman–Crippen LogP) is 4.35. The normalized spacial score (nSPS) is 23.7. The van der Waals surface area contributed by atoms with Crippen LogP contribution in [0.15, 0.2) is 60.7 Å². The van der Waals surface area contributed by atoms with Crippen molar-refractivity contribution in [1.29, 1.82) is 0 Å². The van der Waals surface area contributed by atoms with E-state index in [0.29, 0.717) is 19.8 Å². The Labute approximate surface area is 159 Å². The fourth-order valence-electron chi connectivity index (χ4n) is 4.83. The van der Waals surface area contributed by atoms with E-state index >= 15 is 0 Å². The fraction of sp³-hybridized carbons (Fsp3) is 0.348. The molecule has 2 heterocycles. The Morgan fingerprint density at radius 2 is 1.56 bits per heavy atom. The van der Waals surface area contributed by atoms with Crippen LogP contribution in [0.4, 0.5) is 4.79 Å². The van der Waals surface area contributed by atoms with Crippen LogP contribution < -0.4 is 0 Å². The summed E-state index contributed by atoms with van der Waals surface area (Å²) in [5, 5.41) is 0. The van der Waals surface area contributed by atoms with E-state index in [2.05, 4.69) is 55.1 Å². The minimum Gasteiger partial charge on any atom is -0.448 e. The largest absolute Gasteiger partial charge is 0.448 e. The molecule has 0 spiro atoms. The van der Waals surface area contributed by atoms with E-state index in [1.54, 1.807) is 0 Å². The topological polar surface area (TPSA) is 38.8 Å². The van der Waals surface area contributed by atoms with Crippen LogP contribution in [0.3, 0.4) is 0 Å². The highest BCUT2D eigenvalue weighted by Crippen LogP contribution is 2.44. The minimum absolute atomic E-state index is 0.0562. The minimum atomic E-state index is -0.220. The van der Waals surface area contributed by atoms with Crippen molar-refractivity contribution in [3.63, 3.8) is 0 Å². The molecular formula is C23H23NO3. The summed E-state index contributed by atoms with van der Waals surface area (Å²) in [6, 6.07) is 16.9. The first-order valence-electron chi connectivity index (χ1n) is 9.60. The second-order valence-corrected chi connectivity index (χ2v) is 7.71. The molecule has 0 N–H and O–H groups in total. The Hall–Kier alpha value is -2.59. The first kappa shape index (κ1) is 16.6. The summed E-state index contributed by atoms with van der Waals surface area (Å²) in [5.41, 5.74) is 6.17. The van der Waals surface area contributed by atoms with E-state index < -0.39 is 0 Å². The molecule has 138 valence electrons. The number of rotatable bonds is 2. The van der Waals surface area contributed by atoms with Crippen molar-refractivity contribution in [3.8, 4) is 11.1 Å². The standard InChI is InChI=1S/C23H23NO3/c1-15-10-16-12-26-13-17(11-15)24(16)23(25)27-14-22-20-8-4-2-6-18(20)19-7-3-5-9-21(19)22/h2-9,16-17,22H,1,10-14H2. The van der Waals surface area contributed by atoms with Crippen molar-refractivity contribution >= 4 is 6.09 Å². The van der Waals surface area contributed by atoms with Crippen molar-refractivity contribution < 1.29 is 14.3 Å². The molecule has 2 bridgehead atoms. The maximum absolute atomic E-state index is 12.9. The van der Waals surface area contributed by atoms with Gasteiger partial charge in [-0.05, 0) is 35.1 Å². The number of morpholine rings is 1. The van der Waals surface area contributed by atoms with Gasteiger partial charge in [-0.3, -0.25) is 4.90 Å². The first-order valence-corrected chi connectivity index (χ1v) is 9.60. The summed E-state index contributed by atoms with van der Waals surface area (Å²) in [4.78, 5) is 14.8. The first-order chi connectivity index (χ1) is 13.2. The maximum Gasteiger partial charge on any atom is 0.410 e. The average molecular weight is 361 g/mol. The molecular weight excluding hydrogens is 338 g/mol. The summed E-state index contributed by atoms with van der Waals surface area (Å²) in [7, 11) is 0. The number of amides is 1. The Morgan fingerprint density at radius 3 is 2.15 bits per heavy atom. The van der Waals surface area contributed by atoms with E-state index in [1.165, 1.54) is 27.8 Å². The molecule has 2 aliphatic heterocycles. The van der Waals surface area contributed by atoms with Gasteiger partial charge in [0, 0.05) is 5.92 Å². The Kier molecular flexibility index (Phi) is 4.01. The Balaban J connectivity index is 1.36. The van der Waals surface area contributed by atoms with Gasteiger partial charge in [-0.15, -0.1) is 0 Å². The summed E-state index contributed by atoms with van der Waals surface area (Å²) in [6.07, 6.45) is 1.39. The van der Waals surface area contributed by atoms with Crippen LogP contribution in [0.2, 0.25) is 0 Å². The molecule has 1 amide bonds. The highest BCUT2D eigenvalue weighted by Gasteiger charge is 2.40. The molecule has 0 radical (unpaired) electrons. The number of benzene rings is 2. The second kappa shape index (κ2) is 6.54. The van der Waals surface area contributed by atoms with E-state index in [0.717, 1.165) is 12.8 Å². The van der Waals surface area contributed by atoms with E-state index in [9.17, 15) is 4.79 Å². The summed E-state index contributed by atoms with van der Waals surface area (Å²) in [5.74, 6) is 0.0946. The molecule has 27 heavy (non-hydrogen) atoms. The third-order valence-corrected chi connectivity index (χ3v) is 6.00. The highest BCUT2D eigenvalue weighted by atomic mass is 16.6. The van der Waals surface area contributed by atoms with Crippen LogP contribution in [-0.4, -0.2) is 42.9 Å². The van der Waals surface area contributed by atoms with Gasteiger partial charge in [0.1, 0.15) is 6.61 Å². The van der Waals surface area contributed by atoms with Gasteiger partial charge in [-0.25, -0.2) is 4.79 Å². The Morgan fingerprint density at radius 1 is 1.00 bits per heavy atom. The number of hydrogen-bond acceptors (Lipinski definition) is 3. The number of ether oxygens (including phenoxy) is 2. The van der Waals surface area contributed by atoms with E-state index in [-0.39, 0.29) is 24.1 Å². The van der Waals surface area contributed by atoms with Gasteiger partial charge >= 0.3 is 6.09 Å². The van der Waals surface area contributed by atoms with Crippen LogP contribution in [0, 0.1) is 0 Å². The second-order valence-electron chi connectivity index (χ2n) is 7.71. The lowest BCUT2D eigenvalue weighted by Gasteiger charge is -2.45. The van der Waals surface area contributed by atoms with Crippen molar-refractivity contribution in [2.45, 2.75) is 30.8 Å². The summed E-state index contributed by atoms with van der Waals surface area (Å²) >= 11 is 0. The SMILES string of the molecule is C=C1CC2COCC(C1)N2C(=O)OCC1c2ccccc2-c2ccccc21. The average Bonchev–Trinajstić information content (AvgIpc) is 2.99. The van der Waals surface area contributed by atoms with Gasteiger partial charge in [0.05, 0.1) is 25.3 Å². The maximum atomic E-state index is 12.9. The van der Waals surface area contributed by atoms with Gasteiger partial charge in [-0.2, -0.15) is 0 Å². The summed E-state index contributed by atoms with van der Waals surface area (Å²) < 4.78 is 11.5. The lowest BCUT2D eigenvalue weighted by Crippen LogP contribution is -2.57. The monoisotopic (exact) mass is 361 g/mol. The molecule has 1 aliphatic carbocycles. The molecule has 2 saturated heterocycles. The lowest BCUT2D eigenvalue weighted by molar-refractivity contribution is -0.0548. The van der Waals surface area contributed by atoms with Crippen molar-refractivity contribution in [2.75, 3.05) is 19.8 Å². The molecule has 0 saturated carbocycles. The third kappa shape index (κ3) is 2.76. The number of piperidine rings is 1. The predicted molar refractivity (Wildman–Crippen MR) is 104 cm³/mol. The summed E-state index contributed by atoms with van der Waals surface area (Å²) in [6.45, 7) is 5.62. The lowest BCUT2D eigenvalue weighted by atomic mass is 9.91. The number of hydrogen-bond donors (Lipinski definition) is 0. The molecule has 2 unspecified atom stereocenters. The molecule has 3 aliphatic rings. The van der Waals surface area contributed by atoms with E-state index in [4.69, 9.17) is 9.47 Å². The molecule has 5 rings (SSSR count). The molecule has 4 nitrogen and oxygen atoms in total. The van der Waals surface area contributed by atoms with Crippen LogP contribution in [-0.2, 0) is 9.47 Å². The fourth-order valence-corrected chi connectivity index (χ4v) is 4.83. The molecule has 2 aromatic carbocycles. The Bertz CT molecular complexity index is 845. The zero-order valence-corrected chi connectivity index (χ0v) is 15.3. The van der Waals surface area contributed by atoms with Gasteiger partial charge in [-0.1, -0.05) is 60.7 Å². The molecule has 2 fully saturated rings. The van der Waals surface area contributed by atoms with Gasteiger partial charge in [0.25, 0.3) is 0 Å². The molecule has 2 atom stereocenters. The number of fused-ring (bicyclic) bond motifs is 5. The molecule has 2 aromatic rings. The van der Waals surface area contributed by atoms with Crippen LogP contribution in [0.25, 0.3) is 11.1 Å². The van der Waals surface area contributed by atoms with Crippen molar-refractivity contribution in [2.24, 2.45) is 0 Å². The number of carbonyl (C=O) groups excluding carboxylic acids is 1. The van der Waals surface area contributed by atoms with Gasteiger partial charge in [0.15, 0.2) is 0 Å². The number of carbonyl (C=O) groups is 1. The van der Waals surface area contributed by atoms with Gasteiger partial charge in [0.2, 0.25) is 0 Å². The highest BCUT2D eigenvalue weighted by molar-refractivity contribution is 5.79. The number of nitrogens with zero attached hydrogens (tertiary/aromatic N) is 1. The van der Waals surface area contributed by atoms with Crippen molar-refractivity contribution in [1.82, 2.24) is 4.90 Å². The van der Waals surface area contributed by atoms with Crippen molar-refractivity contribution in [3.05, 3.63) is 71.8 Å². The zero-order valence-electron chi connectivity index (χ0n) is 15.3. The zero-order chi connectivity index (χ0) is 18.4. The van der Waals surface area contributed by atoms with Crippen LogP contribution >= 0.6 is 0 Å². The quantitative estimate of drug-likeness (QED) is 0.746.